The van der Waals surface area contributed by atoms with Crippen LogP contribution in [0.15, 0.2) is 47.2 Å². The molecule has 1 aromatic carbocycles. The zero-order chi connectivity index (χ0) is 15.5. The van der Waals surface area contributed by atoms with Gasteiger partial charge < -0.3 is 9.84 Å². The molecule has 1 amide bonds. The summed E-state index contributed by atoms with van der Waals surface area (Å²) in [4.78, 5) is 11.9. The molecule has 0 saturated heterocycles. The maximum absolute atomic E-state index is 13.1. The second-order valence-electron chi connectivity index (χ2n) is 4.53. The normalized spacial score (nSPS) is 10.6. The Hall–Kier alpha value is -2.67. The van der Waals surface area contributed by atoms with Crippen molar-refractivity contribution in [3.63, 3.8) is 0 Å². The van der Waals surface area contributed by atoms with Gasteiger partial charge in [0, 0.05) is 12.3 Å². The number of halogens is 2. The molecule has 0 atom stereocenters. The zero-order valence-corrected chi connectivity index (χ0v) is 11.9. The van der Waals surface area contributed by atoms with E-state index in [4.69, 9.17) is 11.6 Å². The van der Waals surface area contributed by atoms with Crippen molar-refractivity contribution in [2.45, 2.75) is 6.54 Å². The molecule has 112 valence electrons. The molecule has 6 nitrogen and oxygen atoms in total. The van der Waals surface area contributed by atoms with E-state index in [1.54, 1.807) is 23.0 Å². The number of hydrogen-bond acceptors (Lipinski definition) is 4. The van der Waals surface area contributed by atoms with Gasteiger partial charge in [0.25, 0.3) is 5.91 Å². The van der Waals surface area contributed by atoms with E-state index >= 15 is 0 Å². The SMILES string of the molecule is O=C(Nc1cnn(Cc2cccc(F)c2)c1)c1cc(Cl)on1. The summed E-state index contributed by atoms with van der Waals surface area (Å²) in [5.74, 6) is -0.762. The smallest absolute Gasteiger partial charge is 0.277 e. The van der Waals surface area contributed by atoms with E-state index in [1.165, 1.54) is 24.4 Å². The monoisotopic (exact) mass is 320 g/mol. The van der Waals surface area contributed by atoms with Gasteiger partial charge in [0.05, 0.1) is 18.4 Å². The number of anilines is 1. The number of hydrogen-bond donors (Lipinski definition) is 1. The van der Waals surface area contributed by atoms with Crippen LogP contribution in [0.3, 0.4) is 0 Å². The lowest BCUT2D eigenvalue weighted by Gasteiger charge is -2.01. The number of benzene rings is 1. The van der Waals surface area contributed by atoms with Crippen LogP contribution in [0, 0.1) is 5.82 Å². The predicted octanol–water partition coefficient (Wildman–Crippen LogP) is 2.96. The van der Waals surface area contributed by atoms with Gasteiger partial charge in [-0.2, -0.15) is 5.10 Å². The van der Waals surface area contributed by atoms with Crippen molar-refractivity contribution in [3.8, 4) is 0 Å². The van der Waals surface area contributed by atoms with Gasteiger partial charge in [0.2, 0.25) is 5.22 Å². The lowest BCUT2D eigenvalue weighted by Crippen LogP contribution is -2.11. The van der Waals surface area contributed by atoms with E-state index in [9.17, 15) is 9.18 Å². The van der Waals surface area contributed by atoms with E-state index in [0.717, 1.165) is 5.56 Å². The van der Waals surface area contributed by atoms with Gasteiger partial charge in [0.1, 0.15) is 5.82 Å². The summed E-state index contributed by atoms with van der Waals surface area (Å²) in [5, 5.41) is 10.3. The van der Waals surface area contributed by atoms with Crippen molar-refractivity contribution < 1.29 is 13.7 Å². The van der Waals surface area contributed by atoms with Gasteiger partial charge in [-0.05, 0) is 29.3 Å². The Kier molecular flexibility index (Phi) is 3.88. The second kappa shape index (κ2) is 5.98. The first-order chi connectivity index (χ1) is 10.6. The Labute approximate surface area is 129 Å². The maximum atomic E-state index is 13.1. The lowest BCUT2D eigenvalue weighted by molar-refractivity contribution is 0.101. The average Bonchev–Trinajstić information content (AvgIpc) is 3.08. The number of rotatable bonds is 4. The molecule has 0 aliphatic carbocycles. The first-order valence-corrected chi connectivity index (χ1v) is 6.68. The molecule has 0 unspecified atom stereocenters. The summed E-state index contributed by atoms with van der Waals surface area (Å²) >= 11 is 5.56. The number of nitrogens with zero attached hydrogens (tertiary/aromatic N) is 3. The molecule has 0 bridgehead atoms. The summed E-state index contributed by atoms with van der Waals surface area (Å²) in [7, 11) is 0. The highest BCUT2D eigenvalue weighted by Crippen LogP contribution is 2.13. The Morgan fingerprint density at radius 3 is 3.00 bits per heavy atom. The summed E-state index contributed by atoms with van der Waals surface area (Å²) in [6, 6.07) is 7.54. The fraction of sp³-hybridized carbons (Fsp3) is 0.0714. The largest absolute Gasteiger partial charge is 0.344 e. The Morgan fingerprint density at radius 2 is 2.27 bits per heavy atom. The van der Waals surface area contributed by atoms with Gasteiger partial charge in [-0.15, -0.1) is 0 Å². The third-order valence-electron chi connectivity index (χ3n) is 2.84. The van der Waals surface area contributed by atoms with Crippen LogP contribution < -0.4 is 5.32 Å². The second-order valence-corrected chi connectivity index (χ2v) is 4.90. The van der Waals surface area contributed by atoms with Crippen molar-refractivity contribution in [2.24, 2.45) is 0 Å². The summed E-state index contributed by atoms with van der Waals surface area (Å²) in [6.45, 7) is 0.392. The Balaban J connectivity index is 1.67. The minimum Gasteiger partial charge on any atom is -0.344 e. The van der Waals surface area contributed by atoms with Gasteiger partial charge in [-0.25, -0.2) is 4.39 Å². The topological polar surface area (TPSA) is 73.0 Å². The first-order valence-electron chi connectivity index (χ1n) is 6.30. The summed E-state index contributed by atoms with van der Waals surface area (Å²) in [6.07, 6.45) is 3.11. The molecule has 0 aliphatic rings. The average molecular weight is 321 g/mol. The van der Waals surface area contributed by atoms with E-state index in [1.807, 2.05) is 0 Å². The minimum atomic E-state index is -0.457. The Bertz CT molecular complexity index is 815. The molecule has 0 radical (unpaired) electrons. The van der Waals surface area contributed by atoms with Crippen LogP contribution in [0.4, 0.5) is 10.1 Å². The quantitative estimate of drug-likeness (QED) is 0.802. The van der Waals surface area contributed by atoms with E-state index < -0.39 is 5.91 Å². The van der Waals surface area contributed by atoms with Crippen molar-refractivity contribution >= 4 is 23.2 Å². The van der Waals surface area contributed by atoms with Gasteiger partial charge in [0.15, 0.2) is 5.69 Å². The summed E-state index contributed by atoms with van der Waals surface area (Å²) < 4.78 is 19.3. The van der Waals surface area contributed by atoms with E-state index in [2.05, 4.69) is 20.1 Å². The number of aromatic nitrogens is 3. The lowest BCUT2D eigenvalue weighted by atomic mass is 10.2. The van der Waals surface area contributed by atoms with Crippen molar-refractivity contribution in [1.82, 2.24) is 14.9 Å². The highest BCUT2D eigenvalue weighted by atomic mass is 35.5. The molecule has 8 heteroatoms. The van der Waals surface area contributed by atoms with Crippen molar-refractivity contribution in [1.29, 1.82) is 0 Å². The molecular formula is C14H10ClFN4O2. The molecule has 22 heavy (non-hydrogen) atoms. The van der Waals surface area contributed by atoms with Gasteiger partial charge in [-0.3, -0.25) is 9.48 Å². The molecule has 0 spiro atoms. The number of carbonyl (C=O) groups excluding carboxylic acids is 1. The number of nitrogens with one attached hydrogen (secondary N) is 1. The van der Waals surface area contributed by atoms with Crippen molar-refractivity contribution in [3.05, 3.63) is 65.0 Å². The molecule has 0 saturated carbocycles. The predicted molar refractivity (Wildman–Crippen MR) is 77.2 cm³/mol. The minimum absolute atomic E-state index is 0.0342. The van der Waals surface area contributed by atoms with Crippen molar-refractivity contribution in [2.75, 3.05) is 5.32 Å². The molecule has 2 heterocycles. The third kappa shape index (κ3) is 3.32. The van der Waals surface area contributed by atoms with E-state index in [0.29, 0.717) is 12.2 Å². The molecule has 2 aromatic heterocycles. The highest BCUT2D eigenvalue weighted by molar-refractivity contribution is 6.29. The fourth-order valence-corrected chi connectivity index (χ4v) is 2.03. The third-order valence-corrected chi connectivity index (χ3v) is 3.02. The molecular weight excluding hydrogens is 311 g/mol. The van der Waals surface area contributed by atoms with Gasteiger partial charge >= 0.3 is 0 Å². The standard InChI is InChI=1S/C14H10ClFN4O2/c15-13-5-12(19-22-13)14(21)18-11-6-17-20(8-11)7-9-2-1-3-10(16)4-9/h1-6,8H,7H2,(H,18,21). The number of amides is 1. The van der Waals surface area contributed by atoms with Crippen LogP contribution in [0.1, 0.15) is 16.1 Å². The van der Waals surface area contributed by atoms with Crippen LogP contribution in [0.5, 0.6) is 0 Å². The summed E-state index contributed by atoms with van der Waals surface area (Å²) in [5.41, 5.74) is 1.33. The molecule has 0 aliphatic heterocycles. The number of carbonyl (C=O) groups is 1. The van der Waals surface area contributed by atoms with Crippen LogP contribution in [-0.4, -0.2) is 20.8 Å². The molecule has 1 N–H and O–H groups in total. The Morgan fingerprint density at radius 1 is 1.41 bits per heavy atom. The first kappa shape index (κ1) is 14.3. The highest BCUT2D eigenvalue weighted by Gasteiger charge is 2.12. The fourth-order valence-electron chi connectivity index (χ4n) is 1.89. The molecule has 0 fully saturated rings. The van der Waals surface area contributed by atoms with Crippen LogP contribution in [0.25, 0.3) is 0 Å². The molecule has 3 aromatic rings. The molecule has 3 rings (SSSR count). The zero-order valence-electron chi connectivity index (χ0n) is 11.2. The van der Waals surface area contributed by atoms with Gasteiger partial charge in [-0.1, -0.05) is 17.3 Å². The maximum Gasteiger partial charge on any atom is 0.277 e. The van der Waals surface area contributed by atoms with Crippen LogP contribution in [-0.2, 0) is 6.54 Å². The van der Waals surface area contributed by atoms with Crippen LogP contribution in [0.2, 0.25) is 5.22 Å². The van der Waals surface area contributed by atoms with E-state index in [-0.39, 0.29) is 16.7 Å². The van der Waals surface area contributed by atoms with Crippen LogP contribution >= 0.6 is 11.6 Å².